The summed E-state index contributed by atoms with van der Waals surface area (Å²) in [6.45, 7) is 5.67. The first kappa shape index (κ1) is 21.0. The summed E-state index contributed by atoms with van der Waals surface area (Å²) in [5, 5.41) is 0. The van der Waals surface area contributed by atoms with Crippen LogP contribution in [0.15, 0.2) is 60.7 Å². The number of ether oxygens (including phenoxy) is 4. The molecule has 1 saturated heterocycles. The fraction of sp³-hybridized carbons (Fsp3) is 0.391. The van der Waals surface area contributed by atoms with Gasteiger partial charge in [0.15, 0.2) is 6.29 Å². The minimum Gasteiger partial charge on any atom is -0.459 e. The SMILES string of the molecule is CC(C)OC1OC(COC(=O)c2ccccc2)C(OC(=O)c2ccccc2)C1C. The van der Waals surface area contributed by atoms with Crippen LogP contribution in [-0.2, 0) is 18.9 Å². The summed E-state index contributed by atoms with van der Waals surface area (Å²) in [4.78, 5) is 24.8. The van der Waals surface area contributed by atoms with Gasteiger partial charge in [0.05, 0.1) is 17.2 Å². The number of carbonyl (C=O) groups is 2. The topological polar surface area (TPSA) is 71.1 Å². The third kappa shape index (κ3) is 5.43. The maximum Gasteiger partial charge on any atom is 0.338 e. The third-order valence-electron chi connectivity index (χ3n) is 4.67. The van der Waals surface area contributed by atoms with Gasteiger partial charge < -0.3 is 18.9 Å². The van der Waals surface area contributed by atoms with Gasteiger partial charge in [-0.2, -0.15) is 0 Å². The lowest BCUT2D eigenvalue weighted by Gasteiger charge is -2.21. The highest BCUT2D eigenvalue weighted by Gasteiger charge is 2.46. The zero-order valence-corrected chi connectivity index (χ0v) is 16.8. The van der Waals surface area contributed by atoms with Crippen molar-refractivity contribution in [3.63, 3.8) is 0 Å². The highest BCUT2D eigenvalue weighted by molar-refractivity contribution is 5.90. The van der Waals surface area contributed by atoms with Crippen molar-refractivity contribution in [1.29, 1.82) is 0 Å². The van der Waals surface area contributed by atoms with Crippen molar-refractivity contribution in [3.05, 3.63) is 71.8 Å². The van der Waals surface area contributed by atoms with Crippen LogP contribution in [-0.4, -0.2) is 43.1 Å². The van der Waals surface area contributed by atoms with Gasteiger partial charge in [-0.05, 0) is 38.1 Å². The molecule has 6 nitrogen and oxygen atoms in total. The molecule has 0 bridgehead atoms. The van der Waals surface area contributed by atoms with E-state index in [1.165, 1.54) is 0 Å². The average molecular weight is 398 g/mol. The first-order chi connectivity index (χ1) is 14.0. The normalized spacial score (nSPS) is 23.7. The molecule has 6 heteroatoms. The number of rotatable bonds is 7. The van der Waals surface area contributed by atoms with Gasteiger partial charge in [-0.25, -0.2) is 9.59 Å². The second-order valence-electron chi connectivity index (χ2n) is 7.29. The van der Waals surface area contributed by atoms with Gasteiger partial charge >= 0.3 is 11.9 Å². The van der Waals surface area contributed by atoms with E-state index in [0.717, 1.165) is 0 Å². The van der Waals surface area contributed by atoms with E-state index in [2.05, 4.69) is 0 Å². The highest BCUT2D eigenvalue weighted by atomic mass is 16.7. The van der Waals surface area contributed by atoms with Crippen LogP contribution in [0.4, 0.5) is 0 Å². The first-order valence-corrected chi connectivity index (χ1v) is 9.75. The summed E-state index contributed by atoms with van der Waals surface area (Å²) < 4.78 is 22.9. The summed E-state index contributed by atoms with van der Waals surface area (Å²) in [6.07, 6.45) is -1.83. The average Bonchev–Trinajstić information content (AvgIpc) is 3.01. The Bertz CT molecular complexity index is 805. The molecule has 154 valence electrons. The minimum absolute atomic E-state index is 0.0389. The monoisotopic (exact) mass is 398 g/mol. The number of esters is 2. The quantitative estimate of drug-likeness (QED) is 0.660. The Morgan fingerprint density at radius 1 is 0.931 bits per heavy atom. The lowest BCUT2D eigenvalue weighted by molar-refractivity contribution is -0.172. The van der Waals surface area contributed by atoms with Crippen molar-refractivity contribution in [1.82, 2.24) is 0 Å². The maximum atomic E-state index is 12.6. The van der Waals surface area contributed by atoms with Crippen molar-refractivity contribution in [2.24, 2.45) is 5.92 Å². The number of carbonyl (C=O) groups excluding carboxylic acids is 2. The number of hydrogen-bond acceptors (Lipinski definition) is 6. The molecular formula is C23H26O6. The van der Waals surface area contributed by atoms with E-state index in [9.17, 15) is 9.59 Å². The molecule has 1 aliphatic heterocycles. The Morgan fingerprint density at radius 3 is 2.03 bits per heavy atom. The smallest absolute Gasteiger partial charge is 0.338 e. The molecule has 29 heavy (non-hydrogen) atoms. The van der Waals surface area contributed by atoms with Crippen LogP contribution in [0.1, 0.15) is 41.5 Å². The number of hydrogen-bond donors (Lipinski definition) is 0. The summed E-state index contributed by atoms with van der Waals surface area (Å²) in [6, 6.07) is 17.5. The summed E-state index contributed by atoms with van der Waals surface area (Å²) >= 11 is 0. The molecular weight excluding hydrogens is 372 g/mol. The lowest BCUT2D eigenvalue weighted by Crippen LogP contribution is -2.35. The van der Waals surface area contributed by atoms with Gasteiger partial charge in [-0.1, -0.05) is 43.3 Å². The van der Waals surface area contributed by atoms with Crippen LogP contribution in [0, 0.1) is 5.92 Å². The molecule has 0 spiro atoms. The minimum atomic E-state index is -0.617. The second-order valence-corrected chi connectivity index (χ2v) is 7.29. The van der Waals surface area contributed by atoms with Crippen LogP contribution in [0.3, 0.4) is 0 Å². The maximum absolute atomic E-state index is 12.6. The molecule has 0 aromatic heterocycles. The van der Waals surface area contributed by atoms with Crippen LogP contribution >= 0.6 is 0 Å². The fourth-order valence-corrected chi connectivity index (χ4v) is 3.19. The summed E-state index contributed by atoms with van der Waals surface area (Å²) in [7, 11) is 0. The van der Waals surface area contributed by atoms with E-state index in [-0.39, 0.29) is 18.6 Å². The van der Waals surface area contributed by atoms with Crippen LogP contribution < -0.4 is 0 Å². The molecule has 4 unspecified atom stereocenters. The molecule has 3 rings (SSSR count). The van der Waals surface area contributed by atoms with E-state index in [0.29, 0.717) is 11.1 Å². The van der Waals surface area contributed by atoms with Crippen molar-refractivity contribution >= 4 is 11.9 Å². The van der Waals surface area contributed by atoms with Crippen LogP contribution in [0.25, 0.3) is 0 Å². The molecule has 4 atom stereocenters. The Morgan fingerprint density at radius 2 is 1.48 bits per heavy atom. The molecule has 0 radical (unpaired) electrons. The molecule has 1 aliphatic rings. The highest BCUT2D eigenvalue weighted by Crippen LogP contribution is 2.32. The molecule has 1 fully saturated rings. The summed E-state index contributed by atoms with van der Waals surface area (Å²) in [5.74, 6) is -1.12. The second kappa shape index (κ2) is 9.67. The van der Waals surface area contributed by atoms with E-state index in [1.54, 1.807) is 48.5 Å². The molecule has 0 aliphatic carbocycles. The van der Waals surface area contributed by atoms with Crippen LogP contribution in [0.5, 0.6) is 0 Å². The molecule has 1 heterocycles. The zero-order valence-electron chi connectivity index (χ0n) is 16.8. The predicted molar refractivity (Wildman–Crippen MR) is 106 cm³/mol. The Balaban J connectivity index is 1.69. The molecule has 0 N–H and O–H groups in total. The fourth-order valence-electron chi connectivity index (χ4n) is 3.19. The van der Waals surface area contributed by atoms with E-state index < -0.39 is 30.4 Å². The number of benzene rings is 2. The van der Waals surface area contributed by atoms with Crippen molar-refractivity contribution in [2.75, 3.05) is 6.61 Å². The van der Waals surface area contributed by atoms with Gasteiger partial charge in [0, 0.05) is 5.92 Å². The van der Waals surface area contributed by atoms with Crippen LogP contribution in [0.2, 0.25) is 0 Å². The molecule has 0 amide bonds. The van der Waals surface area contributed by atoms with Gasteiger partial charge in [0.25, 0.3) is 0 Å². The van der Waals surface area contributed by atoms with Gasteiger partial charge in [0.2, 0.25) is 0 Å². The molecule has 2 aromatic carbocycles. The largest absolute Gasteiger partial charge is 0.459 e. The lowest BCUT2D eigenvalue weighted by atomic mass is 10.0. The third-order valence-corrected chi connectivity index (χ3v) is 4.67. The van der Waals surface area contributed by atoms with Gasteiger partial charge in [0.1, 0.15) is 18.8 Å². The Labute approximate surface area is 170 Å². The molecule has 0 saturated carbocycles. The Hall–Kier alpha value is -2.70. The first-order valence-electron chi connectivity index (χ1n) is 9.75. The molecule has 2 aromatic rings. The van der Waals surface area contributed by atoms with Crippen molar-refractivity contribution in [2.45, 2.75) is 45.4 Å². The van der Waals surface area contributed by atoms with Crippen molar-refractivity contribution < 1.29 is 28.5 Å². The Kier molecular flexibility index (Phi) is 7.01. The summed E-state index contributed by atoms with van der Waals surface area (Å²) in [5.41, 5.74) is 0.902. The predicted octanol–water partition coefficient (Wildman–Crippen LogP) is 3.86. The van der Waals surface area contributed by atoms with E-state index in [4.69, 9.17) is 18.9 Å². The standard InChI is InChI=1S/C23H26O6/c1-15(2)27-23-16(3)20(29-22(25)18-12-8-5-9-13-18)19(28-23)14-26-21(24)17-10-6-4-7-11-17/h4-13,15-16,19-20,23H,14H2,1-3H3. The van der Waals surface area contributed by atoms with E-state index >= 15 is 0 Å². The zero-order chi connectivity index (χ0) is 20.8. The van der Waals surface area contributed by atoms with E-state index in [1.807, 2.05) is 32.9 Å². The van der Waals surface area contributed by atoms with Gasteiger partial charge in [-0.15, -0.1) is 0 Å². The van der Waals surface area contributed by atoms with Crippen molar-refractivity contribution in [3.8, 4) is 0 Å². The van der Waals surface area contributed by atoms with Gasteiger partial charge in [-0.3, -0.25) is 0 Å².